The van der Waals surface area contributed by atoms with E-state index < -0.39 is 0 Å². The van der Waals surface area contributed by atoms with Gasteiger partial charge in [-0.2, -0.15) is 5.21 Å². The second-order valence-corrected chi connectivity index (χ2v) is 7.04. The van der Waals surface area contributed by atoms with Crippen molar-refractivity contribution in [3.05, 3.63) is 70.5 Å². The van der Waals surface area contributed by atoms with Gasteiger partial charge in [0.25, 0.3) is 0 Å². The summed E-state index contributed by atoms with van der Waals surface area (Å²) in [5, 5.41) is 14.3. The highest BCUT2D eigenvalue weighted by Crippen LogP contribution is 2.28. The van der Waals surface area contributed by atoms with Crippen LogP contribution >= 0.6 is 0 Å². The van der Waals surface area contributed by atoms with Crippen LogP contribution in [0.3, 0.4) is 0 Å². The highest BCUT2D eigenvalue weighted by atomic mass is 16.1. The van der Waals surface area contributed by atoms with Crippen LogP contribution in [0.4, 0.5) is 0 Å². The smallest absolute Gasteiger partial charge is 0.302 e. The molecule has 0 aliphatic rings. The zero-order valence-corrected chi connectivity index (χ0v) is 16.5. The summed E-state index contributed by atoms with van der Waals surface area (Å²) in [6.07, 6.45) is 6.81. The van der Waals surface area contributed by atoms with Crippen LogP contribution in [0.1, 0.15) is 31.0 Å². The minimum atomic E-state index is 0.00244. The predicted molar refractivity (Wildman–Crippen MR) is 110 cm³/mol. The van der Waals surface area contributed by atoms with Crippen LogP contribution in [0.5, 0.6) is 0 Å². The van der Waals surface area contributed by atoms with E-state index in [0.717, 1.165) is 47.3 Å². The number of hydrogen-bond acceptors (Lipinski definition) is 5. The molecular formula is C21H23N7O. The summed E-state index contributed by atoms with van der Waals surface area (Å²) in [5.41, 5.74) is 4.66. The number of pyridine rings is 1. The Kier molecular flexibility index (Phi) is 5.33. The highest BCUT2D eigenvalue weighted by Gasteiger charge is 2.13. The molecule has 4 aromatic rings. The Bertz CT molecular complexity index is 1140. The van der Waals surface area contributed by atoms with Crippen LogP contribution in [0.15, 0.2) is 53.6 Å². The summed E-state index contributed by atoms with van der Waals surface area (Å²) in [6, 6.07) is 11.8. The van der Waals surface area contributed by atoms with Gasteiger partial charge in [0, 0.05) is 36.3 Å². The lowest BCUT2D eigenvalue weighted by atomic mass is 10.0. The van der Waals surface area contributed by atoms with Gasteiger partial charge in [-0.3, -0.25) is 9.55 Å². The molecule has 0 unspecified atom stereocenters. The lowest BCUT2D eigenvalue weighted by Gasteiger charge is -2.09. The molecule has 0 saturated heterocycles. The Hall–Kier alpha value is -3.55. The van der Waals surface area contributed by atoms with Crippen molar-refractivity contribution >= 4 is 0 Å². The number of aromatic amines is 1. The molecule has 1 N–H and O–H groups in total. The van der Waals surface area contributed by atoms with Gasteiger partial charge < -0.3 is 4.57 Å². The molecule has 29 heavy (non-hydrogen) atoms. The first-order chi connectivity index (χ1) is 14.2. The number of hydrogen-bond donors (Lipinski definition) is 1. The Morgan fingerprint density at radius 3 is 2.62 bits per heavy atom. The highest BCUT2D eigenvalue weighted by molar-refractivity contribution is 5.78. The van der Waals surface area contributed by atoms with Crippen molar-refractivity contribution in [2.45, 2.75) is 32.7 Å². The van der Waals surface area contributed by atoms with E-state index in [0.29, 0.717) is 12.4 Å². The zero-order valence-electron chi connectivity index (χ0n) is 16.5. The lowest BCUT2D eigenvalue weighted by molar-refractivity contribution is 0.666. The summed E-state index contributed by atoms with van der Waals surface area (Å²) >= 11 is 0. The largest absolute Gasteiger partial charge is 0.328 e. The molecule has 4 rings (SSSR count). The number of imidazole rings is 1. The molecular weight excluding hydrogens is 366 g/mol. The Morgan fingerprint density at radius 2 is 1.93 bits per heavy atom. The number of nitrogens with zero attached hydrogens (tertiary/aromatic N) is 6. The van der Waals surface area contributed by atoms with E-state index in [1.165, 1.54) is 0 Å². The number of benzene rings is 1. The molecule has 0 spiro atoms. The van der Waals surface area contributed by atoms with E-state index >= 15 is 0 Å². The molecule has 0 aliphatic carbocycles. The van der Waals surface area contributed by atoms with E-state index in [9.17, 15) is 4.79 Å². The quantitative estimate of drug-likeness (QED) is 0.524. The second-order valence-electron chi connectivity index (χ2n) is 7.04. The van der Waals surface area contributed by atoms with Gasteiger partial charge >= 0.3 is 5.69 Å². The molecule has 0 atom stereocenters. The van der Waals surface area contributed by atoms with Crippen molar-refractivity contribution in [1.82, 2.24) is 34.7 Å². The Balaban J connectivity index is 1.62. The molecule has 148 valence electrons. The molecule has 0 fully saturated rings. The van der Waals surface area contributed by atoms with Gasteiger partial charge in [0.05, 0.1) is 12.2 Å². The number of H-pyrrole nitrogens is 1. The number of tetrazole rings is 1. The fourth-order valence-electron chi connectivity index (χ4n) is 3.43. The molecule has 1 aromatic carbocycles. The lowest BCUT2D eigenvalue weighted by Crippen LogP contribution is -2.24. The minimum Gasteiger partial charge on any atom is -0.302 e. The van der Waals surface area contributed by atoms with Gasteiger partial charge in [0.15, 0.2) is 0 Å². The van der Waals surface area contributed by atoms with Gasteiger partial charge in [-0.05, 0) is 29.7 Å². The molecule has 0 bridgehead atoms. The first kappa shape index (κ1) is 18.8. The second kappa shape index (κ2) is 8.22. The fourth-order valence-corrected chi connectivity index (χ4v) is 3.43. The molecule has 0 radical (unpaired) electrons. The van der Waals surface area contributed by atoms with Crippen LogP contribution in [0.2, 0.25) is 0 Å². The fraction of sp³-hybridized carbons (Fsp3) is 0.286. The summed E-state index contributed by atoms with van der Waals surface area (Å²) in [6.45, 7) is 2.67. The number of aryl methyl sites for hydroxylation is 2. The SMILES string of the molecule is CCCCc1cn(C)c(=O)n1Cc1ccc(-c2ccccc2-c2nn[nH]n2)nc1. The normalized spacial score (nSPS) is 11.1. The van der Waals surface area contributed by atoms with Crippen molar-refractivity contribution in [3.8, 4) is 22.6 Å². The summed E-state index contributed by atoms with van der Waals surface area (Å²) in [5.74, 6) is 0.530. The van der Waals surface area contributed by atoms with Crippen LogP contribution in [0, 0.1) is 0 Å². The van der Waals surface area contributed by atoms with Gasteiger partial charge in [-0.1, -0.05) is 43.7 Å². The maximum Gasteiger partial charge on any atom is 0.328 e. The van der Waals surface area contributed by atoms with Crippen LogP contribution in [-0.2, 0) is 20.0 Å². The van der Waals surface area contributed by atoms with E-state index in [1.54, 1.807) is 11.6 Å². The molecule has 8 heteroatoms. The van der Waals surface area contributed by atoms with Gasteiger partial charge in [-0.25, -0.2) is 4.79 Å². The van der Waals surface area contributed by atoms with Gasteiger partial charge in [0.2, 0.25) is 5.82 Å². The first-order valence-electron chi connectivity index (χ1n) is 9.70. The minimum absolute atomic E-state index is 0.00244. The number of nitrogens with one attached hydrogen (secondary N) is 1. The van der Waals surface area contributed by atoms with E-state index in [-0.39, 0.29) is 5.69 Å². The maximum absolute atomic E-state index is 12.5. The van der Waals surface area contributed by atoms with Crippen molar-refractivity contribution in [2.75, 3.05) is 0 Å². The van der Waals surface area contributed by atoms with Crippen LogP contribution < -0.4 is 5.69 Å². The summed E-state index contributed by atoms with van der Waals surface area (Å²) in [7, 11) is 1.80. The average molecular weight is 389 g/mol. The monoisotopic (exact) mass is 389 g/mol. The third kappa shape index (κ3) is 3.87. The topological polar surface area (TPSA) is 94.3 Å². The first-order valence-corrected chi connectivity index (χ1v) is 9.70. The average Bonchev–Trinajstić information content (AvgIpc) is 3.37. The summed E-state index contributed by atoms with van der Waals surface area (Å²) < 4.78 is 3.48. The van der Waals surface area contributed by atoms with Crippen molar-refractivity contribution < 1.29 is 0 Å². The molecule has 8 nitrogen and oxygen atoms in total. The maximum atomic E-state index is 12.5. The van der Waals surface area contributed by atoms with Gasteiger partial charge in [0.1, 0.15) is 0 Å². The molecule has 0 saturated carbocycles. The third-order valence-corrected chi connectivity index (χ3v) is 4.96. The molecule has 0 aliphatic heterocycles. The number of rotatable bonds is 7. The molecule has 3 aromatic heterocycles. The number of unbranched alkanes of at least 4 members (excludes halogenated alkanes) is 1. The molecule has 0 amide bonds. The predicted octanol–water partition coefficient (Wildman–Crippen LogP) is 2.82. The van der Waals surface area contributed by atoms with E-state index in [4.69, 9.17) is 0 Å². The third-order valence-electron chi connectivity index (χ3n) is 4.96. The van der Waals surface area contributed by atoms with Crippen LogP contribution in [0.25, 0.3) is 22.6 Å². The summed E-state index contributed by atoms with van der Waals surface area (Å²) in [4.78, 5) is 17.1. The van der Waals surface area contributed by atoms with Gasteiger partial charge in [-0.15, -0.1) is 10.2 Å². The van der Waals surface area contributed by atoms with Crippen molar-refractivity contribution in [1.29, 1.82) is 0 Å². The van der Waals surface area contributed by atoms with Crippen LogP contribution in [-0.4, -0.2) is 34.7 Å². The number of aromatic nitrogens is 7. The molecule has 3 heterocycles. The van der Waals surface area contributed by atoms with Crippen molar-refractivity contribution in [2.24, 2.45) is 7.05 Å². The Labute approximate surface area is 168 Å². The standard InChI is InChI=1S/C21H23N7O/c1-3-4-7-16-14-27(2)21(29)28(16)13-15-10-11-19(22-12-15)17-8-5-6-9-18(17)20-23-25-26-24-20/h5-6,8-12,14H,3-4,7,13H2,1-2H3,(H,23,24,25,26). The van der Waals surface area contributed by atoms with E-state index in [1.807, 2.05) is 53.4 Å². The van der Waals surface area contributed by atoms with E-state index in [2.05, 4.69) is 32.5 Å². The Morgan fingerprint density at radius 1 is 1.10 bits per heavy atom. The van der Waals surface area contributed by atoms with Crippen molar-refractivity contribution in [3.63, 3.8) is 0 Å². The zero-order chi connectivity index (χ0) is 20.2.